The Balaban J connectivity index is 2.48. The molecule has 82 valence electrons. The Labute approximate surface area is 91.9 Å². The van der Waals surface area contributed by atoms with Crippen LogP contribution in [0, 0.1) is 0 Å². The van der Waals surface area contributed by atoms with Gasteiger partial charge in [-0.3, -0.25) is 4.98 Å². The van der Waals surface area contributed by atoms with Crippen LogP contribution in [0.4, 0.5) is 0 Å². The minimum atomic E-state index is -0.975. The number of aromatic carboxylic acids is 1. The van der Waals surface area contributed by atoms with Crippen molar-refractivity contribution in [1.29, 1.82) is 0 Å². The molecule has 0 saturated carbocycles. The first-order chi connectivity index (χ1) is 7.72. The van der Waals surface area contributed by atoms with Crippen LogP contribution in [0.2, 0.25) is 0 Å². The maximum Gasteiger partial charge on any atom is 0.337 e. The summed E-state index contributed by atoms with van der Waals surface area (Å²) in [5, 5.41) is 8.97. The summed E-state index contributed by atoms with van der Waals surface area (Å²) in [6, 6.07) is 5.19. The molecule has 5 nitrogen and oxygen atoms in total. The number of nitrogens with one attached hydrogen (secondary N) is 1. The monoisotopic (exact) mass is 217 g/mol. The minimum Gasteiger partial charge on any atom is -0.478 e. The first kappa shape index (κ1) is 10.4. The predicted octanol–water partition coefficient (Wildman–Crippen LogP) is 1.23. The average molecular weight is 217 g/mol. The van der Waals surface area contributed by atoms with Crippen LogP contribution in [-0.2, 0) is 6.54 Å². The molecule has 2 rings (SSSR count). The molecule has 16 heavy (non-hydrogen) atoms. The second-order valence-electron chi connectivity index (χ2n) is 3.32. The lowest BCUT2D eigenvalue weighted by Crippen LogP contribution is -2.04. The van der Waals surface area contributed by atoms with Crippen molar-refractivity contribution in [2.75, 3.05) is 0 Å². The molecule has 0 aliphatic rings. The number of H-pyrrole nitrogens is 1. The topological polar surface area (TPSA) is 92.0 Å². The molecule has 0 aromatic carbocycles. The van der Waals surface area contributed by atoms with Crippen molar-refractivity contribution in [2.45, 2.75) is 6.54 Å². The summed E-state index contributed by atoms with van der Waals surface area (Å²) in [6.07, 6.45) is 3.30. The highest BCUT2D eigenvalue weighted by molar-refractivity contribution is 5.91. The Kier molecular flexibility index (Phi) is 2.70. The number of pyridine rings is 1. The summed E-state index contributed by atoms with van der Waals surface area (Å²) < 4.78 is 0. The Morgan fingerprint density at radius 1 is 1.44 bits per heavy atom. The van der Waals surface area contributed by atoms with Gasteiger partial charge in [-0.15, -0.1) is 0 Å². The van der Waals surface area contributed by atoms with E-state index in [1.807, 2.05) is 0 Å². The van der Waals surface area contributed by atoms with Gasteiger partial charge in [0, 0.05) is 35.9 Å². The molecule has 0 amide bonds. The van der Waals surface area contributed by atoms with Crippen LogP contribution < -0.4 is 5.73 Å². The number of nitrogens with two attached hydrogens (primary N) is 1. The van der Waals surface area contributed by atoms with Gasteiger partial charge in [0.2, 0.25) is 0 Å². The average Bonchev–Trinajstić information content (AvgIpc) is 2.74. The number of aromatic nitrogens is 2. The number of carboxylic acid groups (broad SMARTS) is 1. The lowest BCUT2D eigenvalue weighted by Gasteiger charge is -1.95. The van der Waals surface area contributed by atoms with Gasteiger partial charge < -0.3 is 15.8 Å². The van der Waals surface area contributed by atoms with Crippen molar-refractivity contribution in [3.05, 3.63) is 41.9 Å². The normalized spacial score (nSPS) is 10.3. The van der Waals surface area contributed by atoms with E-state index in [1.165, 1.54) is 0 Å². The van der Waals surface area contributed by atoms with Crippen LogP contribution in [-0.4, -0.2) is 21.0 Å². The first-order valence-corrected chi connectivity index (χ1v) is 4.78. The second kappa shape index (κ2) is 4.16. The van der Waals surface area contributed by atoms with E-state index in [-0.39, 0.29) is 12.1 Å². The van der Waals surface area contributed by atoms with Gasteiger partial charge in [0.15, 0.2) is 0 Å². The fourth-order valence-electron chi connectivity index (χ4n) is 1.54. The molecule has 0 atom stereocenters. The van der Waals surface area contributed by atoms with Crippen molar-refractivity contribution in [1.82, 2.24) is 9.97 Å². The molecule has 0 bridgehead atoms. The molecule has 0 radical (unpaired) electrons. The van der Waals surface area contributed by atoms with Gasteiger partial charge in [-0.1, -0.05) is 0 Å². The van der Waals surface area contributed by atoms with Crippen LogP contribution in [0.3, 0.4) is 0 Å². The molecule has 0 unspecified atom stereocenters. The van der Waals surface area contributed by atoms with Crippen LogP contribution in [0.15, 0.2) is 30.6 Å². The summed E-state index contributed by atoms with van der Waals surface area (Å²) in [6.45, 7) is 0.173. The summed E-state index contributed by atoms with van der Waals surface area (Å²) in [5.41, 5.74) is 7.84. The van der Waals surface area contributed by atoms with Gasteiger partial charge in [0.25, 0.3) is 0 Å². The number of hydrogen-bond acceptors (Lipinski definition) is 3. The molecule has 2 aromatic rings. The highest BCUT2D eigenvalue weighted by atomic mass is 16.4. The van der Waals surface area contributed by atoms with E-state index in [2.05, 4.69) is 9.97 Å². The Bertz CT molecular complexity index is 505. The minimum absolute atomic E-state index is 0.173. The Hall–Kier alpha value is -2.14. The van der Waals surface area contributed by atoms with E-state index in [4.69, 9.17) is 10.8 Å². The molecular weight excluding hydrogens is 206 g/mol. The van der Waals surface area contributed by atoms with Crippen molar-refractivity contribution in [2.24, 2.45) is 5.73 Å². The highest BCUT2D eigenvalue weighted by Gasteiger charge is 2.13. The van der Waals surface area contributed by atoms with Gasteiger partial charge in [-0.2, -0.15) is 0 Å². The highest BCUT2D eigenvalue weighted by Crippen LogP contribution is 2.21. The number of carbonyl (C=O) groups is 1. The van der Waals surface area contributed by atoms with Crippen LogP contribution in [0.5, 0.6) is 0 Å². The zero-order valence-electron chi connectivity index (χ0n) is 8.47. The number of carboxylic acids is 1. The van der Waals surface area contributed by atoms with Crippen molar-refractivity contribution >= 4 is 5.97 Å². The van der Waals surface area contributed by atoms with Crippen molar-refractivity contribution in [3.63, 3.8) is 0 Å². The summed E-state index contributed by atoms with van der Waals surface area (Å²) >= 11 is 0. The molecule has 4 N–H and O–H groups in total. The third-order valence-corrected chi connectivity index (χ3v) is 2.33. The number of aromatic amines is 1. The fraction of sp³-hybridized carbons (Fsp3) is 0.0909. The second-order valence-corrected chi connectivity index (χ2v) is 3.32. The van der Waals surface area contributed by atoms with Gasteiger partial charge in [0.05, 0.1) is 5.56 Å². The SMILES string of the molecule is NCc1[nH]c(-c2ccncc2)cc1C(=O)O. The maximum absolute atomic E-state index is 10.9. The fourth-order valence-corrected chi connectivity index (χ4v) is 1.54. The smallest absolute Gasteiger partial charge is 0.337 e. The molecule has 5 heteroatoms. The summed E-state index contributed by atoms with van der Waals surface area (Å²) in [5.74, 6) is -0.975. The third-order valence-electron chi connectivity index (χ3n) is 2.33. The van der Waals surface area contributed by atoms with E-state index >= 15 is 0 Å². The predicted molar refractivity (Wildman–Crippen MR) is 58.9 cm³/mol. The van der Waals surface area contributed by atoms with Gasteiger partial charge >= 0.3 is 5.97 Å². The zero-order chi connectivity index (χ0) is 11.5. The molecule has 0 saturated heterocycles. The first-order valence-electron chi connectivity index (χ1n) is 4.78. The largest absolute Gasteiger partial charge is 0.478 e. The zero-order valence-corrected chi connectivity index (χ0v) is 8.47. The van der Waals surface area contributed by atoms with E-state index in [0.29, 0.717) is 5.69 Å². The molecule has 2 aromatic heterocycles. The molecule has 0 spiro atoms. The molecule has 0 fully saturated rings. The van der Waals surface area contributed by atoms with Crippen molar-refractivity contribution < 1.29 is 9.90 Å². The number of rotatable bonds is 3. The van der Waals surface area contributed by atoms with Crippen molar-refractivity contribution in [3.8, 4) is 11.3 Å². The van der Waals surface area contributed by atoms with E-state index in [9.17, 15) is 4.79 Å². The molecule has 2 heterocycles. The third kappa shape index (κ3) is 1.80. The van der Waals surface area contributed by atoms with Gasteiger partial charge in [-0.25, -0.2) is 4.79 Å². The Morgan fingerprint density at radius 2 is 2.12 bits per heavy atom. The van der Waals surface area contributed by atoms with Crippen LogP contribution >= 0.6 is 0 Å². The van der Waals surface area contributed by atoms with Gasteiger partial charge in [0.1, 0.15) is 0 Å². The van der Waals surface area contributed by atoms with Gasteiger partial charge in [-0.05, 0) is 18.2 Å². The number of hydrogen-bond donors (Lipinski definition) is 3. The lowest BCUT2D eigenvalue weighted by atomic mass is 10.2. The van der Waals surface area contributed by atoms with E-state index < -0.39 is 5.97 Å². The van der Waals surface area contributed by atoms with Crippen LogP contribution in [0.25, 0.3) is 11.3 Å². The molecule has 0 aliphatic carbocycles. The Morgan fingerprint density at radius 3 is 2.62 bits per heavy atom. The summed E-state index contributed by atoms with van der Waals surface area (Å²) in [7, 11) is 0. The lowest BCUT2D eigenvalue weighted by molar-refractivity contribution is 0.0696. The molecular formula is C11H11N3O2. The van der Waals surface area contributed by atoms with Crippen LogP contribution in [0.1, 0.15) is 16.1 Å². The van der Waals surface area contributed by atoms with E-state index in [0.717, 1.165) is 11.3 Å². The molecule has 0 aliphatic heterocycles. The number of nitrogens with zero attached hydrogens (tertiary/aromatic N) is 1. The summed E-state index contributed by atoms with van der Waals surface area (Å²) in [4.78, 5) is 17.8. The standard InChI is InChI=1S/C11H11N3O2/c12-6-10-8(11(15)16)5-9(14-10)7-1-3-13-4-2-7/h1-5,14H,6,12H2,(H,15,16). The maximum atomic E-state index is 10.9. The quantitative estimate of drug-likeness (QED) is 0.721. The van der Waals surface area contributed by atoms with E-state index in [1.54, 1.807) is 30.6 Å².